The first kappa shape index (κ1) is 21.9. The van der Waals surface area contributed by atoms with Gasteiger partial charge in [-0.1, -0.05) is 18.2 Å². The summed E-state index contributed by atoms with van der Waals surface area (Å²) in [6, 6.07) is 23.0. The Kier molecular flexibility index (Phi) is 5.86. The summed E-state index contributed by atoms with van der Waals surface area (Å²) in [4.78, 5) is 20.7. The number of ether oxygens (including phenoxy) is 2. The molecule has 1 amide bonds. The summed E-state index contributed by atoms with van der Waals surface area (Å²) in [7, 11) is 5.25. The molecule has 170 valence electrons. The van der Waals surface area contributed by atoms with Gasteiger partial charge in [0.25, 0.3) is 5.91 Å². The van der Waals surface area contributed by atoms with Gasteiger partial charge in [-0.25, -0.2) is 4.99 Å². The zero-order valence-corrected chi connectivity index (χ0v) is 19.9. The molecule has 34 heavy (non-hydrogen) atoms. The molecule has 5 rings (SSSR count). The Labute approximate surface area is 202 Å². The zero-order chi connectivity index (χ0) is 23.7. The number of methoxy groups -OCH3 is 2. The van der Waals surface area contributed by atoms with Gasteiger partial charge in [0.2, 0.25) is 0 Å². The highest BCUT2D eigenvalue weighted by molar-refractivity contribution is 8.19. The summed E-state index contributed by atoms with van der Waals surface area (Å²) in [6.45, 7) is 0. The van der Waals surface area contributed by atoms with E-state index in [0.29, 0.717) is 10.1 Å². The SMILES string of the molecule is COc1ccc(N=C2S/C(=C\c3cn(C)c4ccccc34)C(=O)N2c2ccc(OC)cc2)cc1. The molecule has 0 saturated carbocycles. The van der Waals surface area contributed by atoms with Crippen LogP contribution in [0.2, 0.25) is 0 Å². The molecule has 7 heteroatoms. The number of carbonyl (C=O) groups excluding carboxylic acids is 1. The smallest absolute Gasteiger partial charge is 0.271 e. The van der Waals surface area contributed by atoms with E-state index in [0.717, 1.165) is 39.3 Å². The molecule has 1 aromatic heterocycles. The van der Waals surface area contributed by atoms with Crippen molar-refractivity contribution in [3.63, 3.8) is 0 Å². The molecule has 0 spiro atoms. The van der Waals surface area contributed by atoms with E-state index in [2.05, 4.69) is 16.7 Å². The van der Waals surface area contributed by atoms with E-state index in [1.54, 1.807) is 19.1 Å². The van der Waals surface area contributed by atoms with Crippen molar-refractivity contribution in [1.29, 1.82) is 0 Å². The number of rotatable bonds is 5. The van der Waals surface area contributed by atoms with Crippen molar-refractivity contribution in [1.82, 2.24) is 4.57 Å². The molecular weight excluding hydrogens is 446 g/mol. The number of nitrogens with zero attached hydrogens (tertiary/aromatic N) is 3. The van der Waals surface area contributed by atoms with Gasteiger partial charge in [-0.3, -0.25) is 9.69 Å². The number of aryl methyl sites for hydroxylation is 1. The summed E-state index contributed by atoms with van der Waals surface area (Å²) >= 11 is 1.36. The van der Waals surface area contributed by atoms with Crippen LogP contribution in [-0.4, -0.2) is 29.9 Å². The average Bonchev–Trinajstić information content (AvgIpc) is 3.35. The second-order valence-corrected chi connectivity index (χ2v) is 8.76. The fraction of sp³-hybridized carbons (Fsp3) is 0.111. The van der Waals surface area contributed by atoms with Crippen molar-refractivity contribution in [3.05, 3.63) is 89.5 Å². The molecule has 4 aromatic rings. The average molecular weight is 470 g/mol. The number of amidine groups is 1. The van der Waals surface area contributed by atoms with Gasteiger partial charge in [-0.2, -0.15) is 0 Å². The Morgan fingerprint density at radius 2 is 1.53 bits per heavy atom. The van der Waals surface area contributed by atoms with Crippen molar-refractivity contribution in [2.75, 3.05) is 19.1 Å². The molecular formula is C27H23N3O3S. The second-order valence-electron chi connectivity index (χ2n) is 7.75. The molecule has 0 aliphatic carbocycles. The van der Waals surface area contributed by atoms with Crippen molar-refractivity contribution >= 4 is 51.2 Å². The summed E-state index contributed by atoms with van der Waals surface area (Å²) in [5.41, 5.74) is 3.58. The van der Waals surface area contributed by atoms with E-state index in [9.17, 15) is 4.79 Å². The van der Waals surface area contributed by atoms with Gasteiger partial charge in [0, 0.05) is 29.7 Å². The normalized spacial score (nSPS) is 16.1. The van der Waals surface area contributed by atoms with Crippen molar-refractivity contribution in [2.24, 2.45) is 12.0 Å². The quantitative estimate of drug-likeness (QED) is 0.336. The predicted octanol–water partition coefficient (Wildman–Crippen LogP) is 6.00. The molecule has 1 fully saturated rings. The maximum Gasteiger partial charge on any atom is 0.271 e. The van der Waals surface area contributed by atoms with Crippen molar-refractivity contribution in [2.45, 2.75) is 0 Å². The first-order valence-electron chi connectivity index (χ1n) is 10.7. The molecule has 0 unspecified atom stereocenters. The highest BCUT2D eigenvalue weighted by atomic mass is 32.2. The van der Waals surface area contributed by atoms with Gasteiger partial charge in [-0.15, -0.1) is 0 Å². The highest BCUT2D eigenvalue weighted by Crippen LogP contribution is 2.38. The van der Waals surface area contributed by atoms with Crippen LogP contribution in [0, 0.1) is 0 Å². The number of para-hydroxylation sites is 1. The number of hydrogen-bond acceptors (Lipinski definition) is 5. The van der Waals surface area contributed by atoms with Crippen LogP contribution in [0.5, 0.6) is 11.5 Å². The number of thioether (sulfide) groups is 1. The van der Waals surface area contributed by atoms with Crippen LogP contribution in [0.25, 0.3) is 17.0 Å². The molecule has 1 saturated heterocycles. The second kappa shape index (κ2) is 9.11. The monoisotopic (exact) mass is 469 g/mol. The molecule has 0 N–H and O–H groups in total. The lowest BCUT2D eigenvalue weighted by molar-refractivity contribution is -0.113. The minimum Gasteiger partial charge on any atom is -0.497 e. The van der Waals surface area contributed by atoms with Crippen LogP contribution in [0.3, 0.4) is 0 Å². The van der Waals surface area contributed by atoms with E-state index in [1.807, 2.05) is 80.0 Å². The van der Waals surface area contributed by atoms with Crippen molar-refractivity contribution in [3.8, 4) is 11.5 Å². The molecule has 2 heterocycles. The minimum absolute atomic E-state index is 0.115. The summed E-state index contributed by atoms with van der Waals surface area (Å²) in [6.07, 6.45) is 3.99. The summed E-state index contributed by atoms with van der Waals surface area (Å²) in [5.74, 6) is 1.36. The molecule has 0 radical (unpaired) electrons. The molecule has 6 nitrogen and oxygen atoms in total. The van der Waals surface area contributed by atoms with Gasteiger partial charge in [0.15, 0.2) is 5.17 Å². The van der Waals surface area contributed by atoms with Crippen LogP contribution in [0.1, 0.15) is 5.56 Å². The van der Waals surface area contributed by atoms with Gasteiger partial charge in [0.05, 0.1) is 30.5 Å². The van der Waals surface area contributed by atoms with E-state index in [1.165, 1.54) is 11.8 Å². The number of fused-ring (bicyclic) bond motifs is 1. The third-order valence-corrected chi connectivity index (χ3v) is 6.62. The Bertz CT molecular complexity index is 1420. The van der Waals surface area contributed by atoms with Gasteiger partial charge in [0.1, 0.15) is 11.5 Å². The number of aromatic nitrogens is 1. The maximum atomic E-state index is 13.6. The number of anilines is 1. The number of aliphatic imine (C=N–C) groups is 1. The lowest BCUT2D eigenvalue weighted by atomic mass is 10.1. The molecule has 1 aliphatic heterocycles. The summed E-state index contributed by atoms with van der Waals surface area (Å²) in [5, 5.41) is 1.69. The third-order valence-electron chi connectivity index (χ3n) is 5.65. The number of amides is 1. The van der Waals surface area contributed by atoms with Crippen LogP contribution in [0.4, 0.5) is 11.4 Å². The van der Waals surface area contributed by atoms with E-state index >= 15 is 0 Å². The van der Waals surface area contributed by atoms with Gasteiger partial charge < -0.3 is 14.0 Å². The van der Waals surface area contributed by atoms with Crippen LogP contribution in [0.15, 0.2) is 88.9 Å². The van der Waals surface area contributed by atoms with Crippen LogP contribution >= 0.6 is 11.8 Å². The third kappa shape index (κ3) is 4.06. The Balaban J connectivity index is 1.58. The topological polar surface area (TPSA) is 56.1 Å². The first-order chi connectivity index (χ1) is 16.6. The lowest BCUT2D eigenvalue weighted by Crippen LogP contribution is -2.28. The van der Waals surface area contributed by atoms with Gasteiger partial charge in [-0.05, 0) is 72.4 Å². The molecule has 3 aromatic carbocycles. The highest BCUT2D eigenvalue weighted by Gasteiger charge is 2.35. The standard InChI is InChI=1S/C27H23N3O3S/c1-29-17-18(23-6-4-5-7-24(23)29)16-25-26(31)30(20-10-14-22(33-3)15-11-20)27(34-25)28-19-8-12-21(32-2)13-9-19/h4-17H,1-3H3/b25-16-,28-27?. The van der Waals surface area contributed by atoms with E-state index < -0.39 is 0 Å². The fourth-order valence-electron chi connectivity index (χ4n) is 3.90. The van der Waals surface area contributed by atoms with Gasteiger partial charge >= 0.3 is 0 Å². The maximum absolute atomic E-state index is 13.6. The van der Waals surface area contributed by atoms with Crippen molar-refractivity contribution < 1.29 is 14.3 Å². The van der Waals surface area contributed by atoms with E-state index in [-0.39, 0.29) is 5.91 Å². The molecule has 1 aliphatic rings. The Hall–Kier alpha value is -3.97. The number of carbonyl (C=O) groups is 1. The fourth-order valence-corrected chi connectivity index (χ4v) is 4.90. The molecule has 0 atom stereocenters. The number of hydrogen-bond donors (Lipinski definition) is 0. The largest absolute Gasteiger partial charge is 0.497 e. The molecule has 0 bridgehead atoms. The Morgan fingerprint density at radius 3 is 2.21 bits per heavy atom. The Morgan fingerprint density at radius 1 is 0.882 bits per heavy atom. The minimum atomic E-state index is -0.115. The predicted molar refractivity (Wildman–Crippen MR) is 139 cm³/mol. The van der Waals surface area contributed by atoms with Crippen LogP contribution in [-0.2, 0) is 11.8 Å². The van der Waals surface area contributed by atoms with Crippen LogP contribution < -0.4 is 14.4 Å². The number of benzene rings is 3. The summed E-state index contributed by atoms with van der Waals surface area (Å²) < 4.78 is 12.6. The first-order valence-corrected chi connectivity index (χ1v) is 11.5. The van der Waals surface area contributed by atoms with E-state index in [4.69, 9.17) is 14.5 Å². The zero-order valence-electron chi connectivity index (χ0n) is 19.1. The lowest BCUT2D eigenvalue weighted by Gasteiger charge is -2.16.